The fourth-order valence-corrected chi connectivity index (χ4v) is 5.49. The lowest BCUT2D eigenvalue weighted by Crippen LogP contribution is -3.11. The molecule has 2 aliphatic rings. The minimum Gasteiger partial charge on any atom is -1.00 e. The Labute approximate surface area is 191 Å². The smallest absolute Gasteiger partial charge is 0.142 e. The molecule has 3 aromatic heterocycles. The topological polar surface area (TPSA) is 39.6 Å². The van der Waals surface area contributed by atoms with Gasteiger partial charge in [-0.3, -0.25) is 9.97 Å². The Bertz CT molecular complexity index is 911. The third-order valence-corrected chi connectivity index (χ3v) is 6.83. The summed E-state index contributed by atoms with van der Waals surface area (Å²) in [5.41, 5.74) is 8.77. The minimum absolute atomic E-state index is 0. The number of rotatable bonds is 2. The third kappa shape index (κ3) is 3.54. The Kier molecular flexibility index (Phi) is 6.88. The molecule has 5 rings (SSSR count). The van der Waals surface area contributed by atoms with E-state index in [0.717, 1.165) is 25.9 Å². The first-order chi connectivity index (χ1) is 13.7. The summed E-state index contributed by atoms with van der Waals surface area (Å²) in [7, 11) is 6.94. The van der Waals surface area contributed by atoms with E-state index in [9.17, 15) is 0 Å². The number of halogens is 2. The van der Waals surface area contributed by atoms with E-state index in [1.807, 2.05) is 12.4 Å². The summed E-state index contributed by atoms with van der Waals surface area (Å²) in [5, 5.41) is 0. The average molecular weight is 446 g/mol. The maximum Gasteiger partial charge on any atom is 0.142 e. The molecule has 0 bridgehead atoms. The third-order valence-electron chi connectivity index (χ3n) is 6.83. The van der Waals surface area contributed by atoms with Crippen molar-refractivity contribution in [1.82, 2.24) is 14.5 Å². The molecule has 0 saturated heterocycles. The molecule has 0 fully saturated rings. The first-order valence-electron chi connectivity index (χ1n) is 10.3. The number of aromatic nitrogens is 3. The molecular weight excluding hydrogens is 417 g/mol. The van der Waals surface area contributed by atoms with Gasteiger partial charge in [-0.1, -0.05) is 0 Å². The zero-order valence-corrected chi connectivity index (χ0v) is 19.2. The molecule has 0 aliphatic carbocycles. The van der Waals surface area contributed by atoms with Gasteiger partial charge >= 0.3 is 0 Å². The normalized spacial score (nSPS) is 24.8. The Morgan fingerprint density at radius 1 is 0.800 bits per heavy atom. The number of hydrogen-bond acceptors (Lipinski definition) is 2. The molecule has 30 heavy (non-hydrogen) atoms. The maximum absolute atomic E-state index is 4.44. The van der Waals surface area contributed by atoms with Crippen LogP contribution in [-0.2, 0) is 19.9 Å². The molecule has 7 heteroatoms. The largest absolute Gasteiger partial charge is 1.00 e. The molecule has 2 aliphatic heterocycles. The molecule has 3 aromatic rings. The van der Waals surface area contributed by atoms with Crippen molar-refractivity contribution in [3.05, 3.63) is 82.7 Å². The zero-order chi connectivity index (χ0) is 19.3. The van der Waals surface area contributed by atoms with Gasteiger partial charge in [0, 0.05) is 78.3 Å². The van der Waals surface area contributed by atoms with Gasteiger partial charge in [0.1, 0.15) is 12.1 Å². The van der Waals surface area contributed by atoms with E-state index in [1.54, 1.807) is 20.9 Å². The van der Waals surface area contributed by atoms with E-state index >= 15 is 0 Å². The fraction of sp³-hybridized carbons (Fsp3) is 0.391. The van der Waals surface area contributed by atoms with Crippen LogP contribution in [0.1, 0.15) is 45.7 Å². The predicted octanol–water partition coefficient (Wildman–Crippen LogP) is -5.86. The summed E-state index contributed by atoms with van der Waals surface area (Å²) in [6, 6.07) is 9.32. The van der Waals surface area contributed by atoms with Crippen LogP contribution in [0.3, 0.4) is 0 Å². The summed E-state index contributed by atoms with van der Waals surface area (Å²) in [6.45, 7) is 2.31. The minimum atomic E-state index is 0. The van der Waals surface area contributed by atoms with Crippen LogP contribution in [0.4, 0.5) is 0 Å². The molecule has 160 valence electrons. The fourth-order valence-electron chi connectivity index (χ4n) is 5.49. The number of nitrogens with zero attached hydrogens (tertiary/aromatic N) is 3. The van der Waals surface area contributed by atoms with Crippen molar-refractivity contribution in [3.8, 4) is 0 Å². The van der Waals surface area contributed by atoms with Crippen molar-refractivity contribution in [3.63, 3.8) is 0 Å². The summed E-state index contributed by atoms with van der Waals surface area (Å²) in [6.07, 6.45) is 10.1. The van der Waals surface area contributed by atoms with Gasteiger partial charge < -0.3 is 39.2 Å². The first kappa shape index (κ1) is 22.8. The van der Waals surface area contributed by atoms with Gasteiger partial charge in [0.05, 0.1) is 27.2 Å². The van der Waals surface area contributed by atoms with Gasteiger partial charge in [-0.15, -0.1) is 0 Å². The van der Waals surface area contributed by atoms with Gasteiger partial charge in [0.15, 0.2) is 0 Å². The Morgan fingerprint density at radius 3 is 1.60 bits per heavy atom. The van der Waals surface area contributed by atoms with E-state index in [-0.39, 0.29) is 24.8 Å². The lowest BCUT2D eigenvalue weighted by molar-refractivity contribution is -0.912. The van der Waals surface area contributed by atoms with Crippen molar-refractivity contribution in [2.45, 2.75) is 24.9 Å². The Hall–Kier alpha value is -1.92. The van der Waals surface area contributed by atoms with Crippen molar-refractivity contribution in [2.24, 2.45) is 7.05 Å². The number of likely N-dealkylation sites (N-methyl/N-ethyl adjacent to an activating group) is 2. The van der Waals surface area contributed by atoms with E-state index in [0.29, 0.717) is 12.1 Å². The van der Waals surface area contributed by atoms with Gasteiger partial charge in [-0.2, -0.15) is 0 Å². The van der Waals surface area contributed by atoms with E-state index in [2.05, 4.69) is 72.3 Å². The first-order valence-corrected chi connectivity index (χ1v) is 10.3. The van der Waals surface area contributed by atoms with E-state index in [4.69, 9.17) is 0 Å². The number of quaternary nitrogens is 2. The van der Waals surface area contributed by atoms with Gasteiger partial charge in [0.2, 0.25) is 0 Å². The van der Waals surface area contributed by atoms with Crippen LogP contribution < -0.4 is 34.6 Å². The quantitative estimate of drug-likeness (QED) is 0.412. The highest BCUT2D eigenvalue weighted by atomic mass is 35.5. The molecule has 0 aromatic carbocycles. The van der Waals surface area contributed by atoms with Crippen molar-refractivity contribution in [2.75, 3.05) is 27.2 Å². The zero-order valence-electron chi connectivity index (χ0n) is 17.7. The molecule has 0 radical (unpaired) electrons. The maximum atomic E-state index is 4.44. The average Bonchev–Trinajstić information content (AvgIpc) is 3.01. The highest BCUT2D eigenvalue weighted by Gasteiger charge is 2.43. The number of fused-ring (bicyclic) bond motifs is 3. The van der Waals surface area contributed by atoms with Gasteiger partial charge in [-0.05, 0) is 24.3 Å². The van der Waals surface area contributed by atoms with Gasteiger partial charge in [-0.25, -0.2) is 0 Å². The predicted molar refractivity (Wildman–Crippen MR) is 108 cm³/mol. The van der Waals surface area contributed by atoms with Crippen LogP contribution in [-0.4, -0.2) is 41.7 Å². The lowest BCUT2D eigenvalue weighted by atomic mass is 9.84. The molecular formula is C23H29Cl2N5. The molecule has 5 heterocycles. The van der Waals surface area contributed by atoms with Gasteiger partial charge in [0.25, 0.3) is 0 Å². The summed E-state index contributed by atoms with van der Waals surface area (Å²) < 4.78 is 2.51. The second kappa shape index (κ2) is 9.06. The van der Waals surface area contributed by atoms with E-state index < -0.39 is 0 Å². The second-order valence-corrected chi connectivity index (χ2v) is 8.41. The Balaban J connectivity index is 0.00000128. The molecule has 5 nitrogen and oxygen atoms in total. The van der Waals surface area contributed by atoms with Crippen LogP contribution in [0.2, 0.25) is 0 Å². The van der Waals surface area contributed by atoms with Crippen molar-refractivity contribution >= 4 is 0 Å². The standard InChI is InChI=1S/C23H27N5.2ClH/c1-26-12-8-18-20(22(26)16-6-4-10-24-14-16)21-19(28(18)3)9-13-27(2)23(21)17-7-5-11-25-15-17;;/h4-7,10-11,14-15,22-23H,8-9,12-13H2,1-3H3;2*1H. The SMILES string of the molecule is Cn1c2c(c3c1CC[NH+](C)C3c1cccnc1)C(c1cccnc1)[NH+](C)CC2.[Cl-].[Cl-]. The van der Waals surface area contributed by atoms with Crippen LogP contribution in [0.5, 0.6) is 0 Å². The Morgan fingerprint density at radius 2 is 1.23 bits per heavy atom. The molecule has 0 amide bonds. The number of nitrogens with one attached hydrogen (secondary N) is 2. The highest BCUT2D eigenvalue weighted by molar-refractivity contribution is 5.49. The van der Waals surface area contributed by atoms with Crippen molar-refractivity contribution in [1.29, 1.82) is 0 Å². The van der Waals surface area contributed by atoms with E-state index in [1.165, 1.54) is 22.5 Å². The molecule has 0 spiro atoms. The monoisotopic (exact) mass is 445 g/mol. The van der Waals surface area contributed by atoms with Crippen molar-refractivity contribution < 1.29 is 34.6 Å². The second-order valence-electron chi connectivity index (χ2n) is 8.41. The van der Waals surface area contributed by atoms with Crippen LogP contribution in [0.25, 0.3) is 0 Å². The molecule has 0 saturated carbocycles. The number of hydrogen-bond donors (Lipinski definition) is 2. The lowest BCUT2D eigenvalue weighted by Gasteiger charge is -2.34. The summed E-state index contributed by atoms with van der Waals surface area (Å²) in [4.78, 5) is 12.0. The summed E-state index contributed by atoms with van der Waals surface area (Å²) in [5.74, 6) is 0. The molecule has 4 unspecified atom stereocenters. The number of pyridine rings is 2. The molecule has 2 N–H and O–H groups in total. The van der Waals surface area contributed by atoms with Crippen LogP contribution in [0, 0.1) is 0 Å². The molecule has 4 atom stereocenters. The van der Waals surface area contributed by atoms with Crippen LogP contribution >= 0.6 is 0 Å². The summed E-state index contributed by atoms with van der Waals surface area (Å²) >= 11 is 0. The highest BCUT2D eigenvalue weighted by Crippen LogP contribution is 2.38. The van der Waals surface area contributed by atoms with Crippen LogP contribution in [0.15, 0.2) is 49.1 Å².